The van der Waals surface area contributed by atoms with Crippen molar-refractivity contribution in [2.24, 2.45) is 0 Å². The summed E-state index contributed by atoms with van der Waals surface area (Å²) in [5, 5.41) is 12.5. The average Bonchev–Trinajstić information content (AvgIpc) is 2.47. The number of methoxy groups -OCH3 is 1. The summed E-state index contributed by atoms with van der Waals surface area (Å²) in [6.07, 6.45) is 0. The van der Waals surface area contributed by atoms with Gasteiger partial charge in [-0.2, -0.15) is 5.26 Å². The van der Waals surface area contributed by atoms with Crippen LogP contribution in [0.2, 0.25) is 0 Å². The van der Waals surface area contributed by atoms with E-state index in [1.54, 1.807) is 7.11 Å². The minimum Gasteiger partial charge on any atom is -0.496 e. The summed E-state index contributed by atoms with van der Waals surface area (Å²) in [5.41, 5.74) is 3.75. The quantitative estimate of drug-likeness (QED) is 0.908. The molecule has 0 aliphatic carbocycles. The van der Waals surface area contributed by atoms with Gasteiger partial charge in [-0.1, -0.05) is 29.8 Å². The van der Waals surface area contributed by atoms with Gasteiger partial charge >= 0.3 is 0 Å². The molecule has 0 aromatic heterocycles. The van der Waals surface area contributed by atoms with Gasteiger partial charge in [0.15, 0.2) is 0 Å². The van der Waals surface area contributed by atoms with Crippen molar-refractivity contribution in [1.82, 2.24) is 0 Å². The topological polar surface area (TPSA) is 45.0 Å². The van der Waals surface area contributed by atoms with Crippen molar-refractivity contribution in [2.45, 2.75) is 19.9 Å². The van der Waals surface area contributed by atoms with Crippen LogP contribution in [-0.2, 0) is 0 Å². The van der Waals surface area contributed by atoms with E-state index >= 15 is 0 Å². The summed E-state index contributed by atoms with van der Waals surface area (Å²) in [5.74, 6) is 0.852. The Balaban J connectivity index is 2.31. The number of hydrogen-bond donors (Lipinski definition) is 1. The molecule has 1 N–H and O–H groups in total. The van der Waals surface area contributed by atoms with E-state index in [9.17, 15) is 0 Å². The van der Waals surface area contributed by atoms with Crippen molar-refractivity contribution in [1.29, 1.82) is 5.26 Å². The highest BCUT2D eigenvalue weighted by molar-refractivity contribution is 5.58. The lowest BCUT2D eigenvalue weighted by atomic mass is 10.0. The molecule has 2 aromatic rings. The van der Waals surface area contributed by atoms with Gasteiger partial charge in [-0.25, -0.2) is 0 Å². The number of aryl methyl sites for hydroxylation is 1. The van der Waals surface area contributed by atoms with Gasteiger partial charge in [-0.05, 0) is 32.0 Å². The van der Waals surface area contributed by atoms with Gasteiger partial charge < -0.3 is 10.1 Å². The number of para-hydroxylation sites is 1. The highest BCUT2D eigenvalue weighted by atomic mass is 16.5. The minimum absolute atomic E-state index is 0.0550. The highest BCUT2D eigenvalue weighted by Gasteiger charge is 2.13. The molecule has 102 valence electrons. The molecule has 2 rings (SSSR count). The van der Waals surface area contributed by atoms with Gasteiger partial charge in [0.25, 0.3) is 0 Å². The Morgan fingerprint density at radius 1 is 1.20 bits per heavy atom. The zero-order chi connectivity index (χ0) is 14.5. The second-order valence-corrected chi connectivity index (χ2v) is 4.77. The first-order valence-corrected chi connectivity index (χ1v) is 6.56. The van der Waals surface area contributed by atoms with Crippen LogP contribution in [0.25, 0.3) is 0 Å². The van der Waals surface area contributed by atoms with Crippen molar-refractivity contribution in [3.05, 3.63) is 59.2 Å². The maximum absolute atomic E-state index is 9.13. The van der Waals surface area contributed by atoms with Crippen LogP contribution in [0.4, 0.5) is 5.69 Å². The van der Waals surface area contributed by atoms with Crippen LogP contribution in [0.3, 0.4) is 0 Å². The molecular formula is C17H18N2O. The predicted octanol–water partition coefficient (Wildman–Crippen LogP) is 4.05. The molecule has 0 fully saturated rings. The number of anilines is 1. The monoisotopic (exact) mass is 266 g/mol. The van der Waals surface area contributed by atoms with Crippen LogP contribution in [0.1, 0.15) is 29.7 Å². The van der Waals surface area contributed by atoms with Crippen molar-refractivity contribution in [3.63, 3.8) is 0 Å². The smallest absolute Gasteiger partial charge is 0.124 e. The van der Waals surface area contributed by atoms with Crippen LogP contribution in [0.5, 0.6) is 5.75 Å². The van der Waals surface area contributed by atoms with E-state index in [-0.39, 0.29) is 6.04 Å². The first kappa shape index (κ1) is 14.0. The van der Waals surface area contributed by atoms with Crippen molar-refractivity contribution >= 4 is 5.69 Å². The van der Waals surface area contributed by atoms with Crippen molar-refractivity contribution in [2.75, 3.05) is 12.4 Å². The van der Waals surface area contributed by atoms with Crippen LogP contribution in [0, 0.1) is 18.3 Å². The number of nitrogens with one attached hydrogen (secondary N) is 1. The second-order valence-electron chi connectivity index (χ2n) is 4.77. The summed E-state index contributed by atoms with van der Waals surface area (Å²) in [7, 11) is 1.67. The lowest BCUT2D eigenvalue weighted by Gasteiger charge is -2.19. The fourth-order valence-corrected chi connectivity index (χ4v) is 2.21. The summed E-state index contributed by atoms with van der Waals surface area (Å²) in [6, 6.07) is 15.9. The summed E-state index contributed by atoms with van der Waals surface area (Å²) in [4.78, 5) is 0. The van der Waals surface area contributed by atoms with Gasteiger partial charge in [-0.3, -0.25) is 0 Å². The fourth-order valence-electron chi connectivity index (χ4n) is 2.21. The Hall–Kier alpha value is -2.47. The Bertz CT molecular complexity index is 644. The average molecular weight is 266 g/mol. The summed E-state index contributed by atoms with van der Waals surface area (Å²) < 4.78 is 5.41. The summed E-state index contributed by atoms with van der Waals surface area (Å²) >= 11 is 0. The van der Waals surface area contributed by atoms with E-state index in [1.165, 1.54) is 5.56 Å². The Kier molecular flexibility index (Phi) is 4.27. The number of hydrogen-bond acceptors (Lipinski definition) is 3. The maximum Gasteiger partial charge on any atom is 0.124 e. The lowest BCUT2D eigenvalue weighted by Crippen LogP contribution is -2.09. The molecule has 0 spiro atoms. The summed E-state index contributed by atoms with van der Waals surface area (Å²) in [6.45, 7) is 4.12. The molecule has 0 radical (unpaired) electrons. The third-order valence-corrected chi connectivity index (χ3v) is 3.27. The molecular weight excluding hydrogens is 248 g/mol. The number of rotatable bonds is 4. The van der Waals surface area contributed by atoms with Crippen molar-refractivity contribution < 1.29 is 4.74 Å². The highest BCUT2D eigenvalue weighted by Crippen LogP contribution is 2.29. The second kappa shape index (κ2) is 6.12. The molecule has 0 saturated heterocycles. The Labute approximate surface area is 119 Å². The first-order valence-electron chi connectivity index (χ1n) is 6.56. The van der Waals surface area contributed by atoms with Crippen LogP contribution in [0.15, 0.2) is 42.5 Å². The normalized spacial score (nSPS) is 11.5. The van der Waals surface area contributed by atoms with E-state index in [2.05, 4.69) is 31.3 Å². The molecule has 3 heteroatoms. The van der Waals surface area contributed by atoms with E-state index in [4.69, 9.17) is 10.00 Å². The zero-order valence-electron chi connectivity index (χ0n) is 12.0. The molecule has 20 heavy (non-hydrogen) atoms. The number of nitriles is 1. The van der Waals surface area contributed by atoms with Gasteiger partial charge in [0, 0.05) is 5.56 Å². The minimum atomic E-state index is 0.0550. The molecule has 3 nitrogen and oxygen atoms in total. The van der Waals surface area contributed by atoms with E-state index in [0.29, 0.717) is 5.56 Å². The van der Waals surface area contributed by atoms with E-state index in [1.807, 2.05) is 36.4 Å². The maximum atomic E-state index is 9.13. The number of nitrogens with zero attached hydrogens (tertiary/aromatic N) is 1. The number of benzene rings is 2. The largest absolute Gasteiger partial charge is 0.496 e. The molecule has 2 aromatic carbocycles. The van der Waals surface area contributed by atoms with Crippen LogP contribution >= 0.6 is 0 Å². The molecule has 0 saturated carbocycles. The first-order chi connectivity index (χ1) is 9.65. The third-order valence-electron chi connectivity index (χ3n) is 3.27. The molecule has 1 atom stereocenters. The predicted molar refractivity (Wildman–Crippen MR) is 80.9 cm³/mol. The van der Waals surface area contributed by atoms with Gasteiger partial charge in [0.05, 0.1) is 24.4 Å². The van der Waals surface area contributed by atoms with Gasteiger partial charge in [0.2, 0.25) is 0 Å². The number of ether oxygens (including phenoxy) is 1. The van der Waals surface area contributed by atoms with Crippen molar-refractivity contribution in [3.8, 4) is 11.8 Å². The molecule has 0 amide bonds. The third kappa shape index (κ3) is 2.92. The van der Waals surface area contributed by atoms with E-state index in [0.717, 1.165) is 17.0 Å². The molecule has 0 aliphatic rings. The molecule has 0 aliphatic heterocycles. The SMILES string of the molecule is COc1ccc(C)cc1[C@H](C)Nc1ccccc1C#N. The lowest BCUT2D eigenvalue weighted by molar-refractivity contribution is 0.408. The zero-order valence-corrected chi connectivity index (χ0v) is 12.0. The molecule has 0 unspecified atom stereocenters. The van der Waals surface area contributed by atoms with Crippen LogP contribution < -0.4 is 10.1 Å². The van der Waals surface area contributed by atoms with Gasteiger partial charge in [0.1, 0.15) is 11.8 Å². The standard InChI is InChI=1S/C17H18N2O/c1-12-8-9-17(20-3)15(10-12)13(2)19-16-7-5-4-6-14(16)11-18/h4-10,13,19H,1-3H3/t13-/m0/s1. The Morgan fingerprint density at radius 2 is 1.95 bits per heavy atom. The van der Waals surface area contributed by atoms with Crippen LogP contribution in [-0.4, -0.2) is 7.11 Å². The Morgan fingerprint density at radius 3 is 2.65 bits per heavy atom. The molecule has 0 bridgehead atoms. The van der Waals surface area contributed by atoms with Gasteiger partial charge in [-0.15, -0.1) is 0 Å². The fraction of sp³-hybridized carbons (Fsp3) is 0.235. The van der Waals surface area contributed by atoms with E-state index < -0.39 is 0 Å². The molecule has 0 heterocycles.